The van der Waals surface area contributed by atoms with Gasteiger partial charge in [0.1, 0.15) is 0 Å². The van der Waals surface area contributed by atoms with Crippen molar-refractivity contribution in [1.29, 1.82) is 0 Å². The monoisotopic (exact) mass is 199 g/mol. The van der Waals surface area contributed by atoms with Gasteiger partial charge in [0.25, 0.3) is 0 Å². The van der Waals surface area contributed by atoms with Gasteiger partial charge in [-0.3, -0.25) is 0 Å². The Labute approximate surface area is 83.6 Å². The summed E-state index contributed by atoms with van der Waals surface area (Å²) in [6.07, 6.45) is 0.983. The average molecular weight is 199 g/mol. The molecule has 0 bridgehead atoms. The van der Waals surface area contributed by atoms with Crippen molar-refractivity contribution in [3.63, 3.8) is 0 Å². The van der Waals surface area contributed by atoms with Gasteiger partial charge in [0.05, 0.1) is 13.6 Å². The minimum atomic E-state index is 0.402. The van der Waals surface area contributed by atoms with Crippen LogP contribution in [-0.4, -0.2) is 40.0 Å². The van der Waals surface area contributed by atoms with Gasteiger partial charge in [0, 0.05) is 19.8 Å². The number of aromatic nitrogens is 4. The lowest BCUT2D eigenvalue weighted by Gasteiger charge is -2.10. The Kier molecular flexibility index (Phi) is 4.48. The molecule has 1 N–H and O–H groups in total. The van der Waals surface area contributed by atoms with Crippen LogP contribution in [-0.2, 0) is 18.3 Å². The maximum absolute atomic E-state index is 4.98. The Morgan fingerprint density at radius 2 is 2.36 bits per heavy atom. The molecule has 1 rings (SSSR count). The molecule has 6 heteroatoms. The first-order valence-electron chi connectivity index (χ1n) is 4.67. The van der Waals surface area contributed by atoms with Crippen molar-refractivity contribution in [1.82, 2.24) is 25.5 Å². The molecule has 0 radical (unpaired) electrons. The molecule has 14 heavy (non-hydrogen) atoms. The number of ether oxygens (including phenoxy) is 1. The van der Waals surface area contributed by atoms with E-state index in [9.17, 15) is 0 Å². The molecule has 0 saturated carbocycles. The van der Waals surface area contributed by atoms with E-state index in [-0.39, 0.29) is 0 Å². The molecular weight excluding hydrogens is 182 g/mol. The van der Waals surface area contributed by atoms with Crippen LogP contribution in [0.3, 0.4) is 0 Å². The van der Waals surface area contributed by atoms with E-state index in [2.05, 4.69) is 27.7 Å². The molecule has 1 atom stereocenters. The second-order valence-electron chi connectivity index (χ2n) is 3.26. The van der Waals surface area contributed by atoms with Crippen LogP contribution in [0, 0.1) is 0 Å². The predicted molar refractivity (Wildman–Crippen MR) is 51.6 cm³/mol. The lowest BCUT2D eigenvalue weighted by atomic mass is 10.2. The quantitative estimate of drug-likeness (QED) is 0.683. The third-order valence-corrected chi connectivity index (χ3v) is 1.91. The van der Waals surface area contributed by atoms with Gasteiger partial charge in [-0.25, -0.2) is 0 Å². The number of rotatable bonds is 6. The van der Waals surface area contributed by atoms with Crippen LogP contribution in [0.5, 0.6) is 0 Å². The summed E-state index contributed by atoms with van der Waals surface area (Å²) in [5.74, 6) is 0.719. The van der Waals surface area contributed by atoms with Crippen molar-refractivity contribution >= 4 is 0 Å². The van der Waals surface area contributed by atoms with Crippen LogP contribution in [0.2, 0.25) is 0 Å². The van der Waals surface area contributed by atoms with Gasteiger partial charge in [-0.05, 0) is 18.6 Å². The van der Waals surface area contributed by atoms with E-state index in [1.165, 1.54) is 4.80 Å². The third-order valence-electron chi connectivity index (χ3n) is 1.91. The Bertz CT molecular complexity index is 262. The van der Waals surface area contributed by atoms with Crippen LogP contribution in [0.15, 0.2) is 0 Å². The van der Waals surface area contributed by atoms with E-state index in [1.54, 1.807) is 14.2 Å². The number of tetrazole rings is 1. The van der Waals surface area contributed by atoms with Gasteiger partial charge < -0.3 is 10.1 Å². The van der Waals surface area contributed by atoms with Gasteiger partial charge in [-0.2, -0.15) is 4.80 Å². The molecule has 1 aromatic rings. The molecule has 0 fully saturated rings. The van der Waals surface area contributed by atoms with E-state index in [0.29, 0.717) is 12.6 Å². The lowest BCUT2D eigenvalue weighted by molar-refractivity contribution is 0.184. The van der Waals surface area contributed by atoms with Crippen molar-refractivity contribution < 1.29 is 4.74 Å². The van der Waals surface area contributed by atoms with Gasteiger partial charge >= 0.3 is 0 Å². The number of aryl methyl sites for hydroxylation is 1. The summed E-state index contributed by atoms with van der Waals surface area (Å²) in [5.41, 5.74) is 0. The Hall–Kier alpha value is -1.01. The smallest absolute Gasteiger partial charge is 0.188 e. The highest BCUT2D eigenvalue weighted by atomic mass is 16.5. The molecule has 0 saturated heterocycles. The summed E-state index contributed by atoms with van der Waals surface area (Å²) in [4.78, 5) is 1.46. The highest BCUT2D eigenvalue weighted by Crippen LogP contribution is 1.92. The summed E-state index contributed by atoms with van der Waals surface area (Å²) in [7, 11) is 3.46. The molecule has 0 spiro atoms. The van der Waals surface area contributed by atoms with Crippen LogP contribution in [0.4, 0.5) is 0 Å². The highest BCUT2D eigenvalue weighted by molar-refractivity contribution is 4.76. The molecule has 80 valence electrons. The Morgan fingerprint density at radius 3 is 2.93 bits per heavy atom. The van der Waals surface area contributed by atoms with Crippen LogP contribution in [0.25, 0.3) is 0 Å². The van der Waals surface area contributed by atoms with Crippen molar-refractivity contribution in [2.24, 2.45) is 7.05 Å². The Balaban J connectivity index is 2.20. The molecule has 1 heterocycles. The zero-order valence-electron chi connectivity index (χ0n) is 8.90. The number of nitrogens with zero attached hydrogens (tertiary/aromatic N) is 4. The Morgan fingerprint density at radius 1 is 1.57 bits per heavy atom. The van der Waals surface area contributed by atoms with E-state index in [4.69, 9.17) is 4.74 Å². The number of hydrogen-bond donors (Lipinski definition) is 1. The summed E-state index contributed by atoms with van der Waals surface area (Å²) in [5, 5.41) is 15.0. The number of nitrogens with one attached hydrogen (secondary N) is 1. The molecule has 0 aliphatic rings. The van der Waals surface area contributed by atoms with Crippen molar-refractivity contribution in [3.05, 3.63) is 5.82 Å². The highest BCUT2D eigenvalue weighted by Gasteiger charge is 2.03. The van der Waals surface area contributed by atoms with Crippen molar-refractivity contribution in [2.75, 3.05) is 13.7 Å². The molecular formula is C8H17N5O. The summed E-state index contributed by atoms with van der Waals surface area (Å²) >= 11 is 0. The van der Waals surface area contributed by atoms with Crippen LogP contribution in [0.1, 0.15) is 19.2 Å². The molecule has 0 amide bonds. The van der Waals surface area contributed by atoms with Gasteiger partial charge in [-0.1, -0.05) is 0 Å². The first-order valence-corrected chi connectivity index (χ1v) is 4.67. The van der Waals surface area contributed by atoms with Crippen molar-refractivity contribution in [3.8, 4) is 0 Å². The van der Waals surface area contributed by atoms with Crippen molar-refractivity contribution in [2.45, 2.75) is 25.9 Å². The largest absolute Gasteiger partial charge is 0.385 e. The molecule has 0 aliphatic heterocycles. The molecule has 6 nitrogen and oxygen atoms in total. The summed E-state index contributed by atoms with van der Waals surface area (Å²) < 4.78 is 4.98. The zero-order chi connectivity index (χ0) is 10.4. The SMILES string of the molecule is COCCC(C)NCc1nnn(C)n1. The second kappa shape index (κ2) is 5.66. The topological polar surface area (TPSA) is 64.9 Å². The first-order chi connectivity index (χ1) is 6.72. The maximum Gasteiger partial charge on any atom is 0.188 e. The first kappa shape index (κ1) is 11.1. The van der Waals surface area contributed by atoms with Gasteiger partial charge in [0.15, 0.2) is 5.82 Å². The fourth-order valence-corrected chi connectivity index (χ4v) is 1.06. The van der Waals surface area contributed by atoms with Crippen LogP contribution >= 0.6 is 0 Å². The number of methoxy groups -OCH3 is 1. The molecule has 1 unspecified atom stereocenters. The molecule has 0 aliphatic carbocycles. The maximum atomic E-state index is 4.98. The molecule has 0 aromatic carbocycles. The van der Waals surface area contributed by atoms with E-state index < -0.39 is 0 Å². The lowest BCUT2D eigenvalue weighted by Crippen LogP contribution is -2.27. The minimum Gasteiger partial charge on any atom is -0.385 e. The normalized spacial score (nSPS) is 13.1. The van der Waals surface area contributed by atoms with Crippen LogP contribution < -0.4 is 5.32 Å². The standard InChI is InChI=1S/C8H17N5O/c1-7(4-5-14-3)9-6-8-10-12-13(2)11-8/h7,9H,4-6H2,1-3H3. The minimum absolute atomic E-state index is 0.402. The fraction of sp³-hybridized carbons (Fsp3) is 0.875. The van der Waals surface area contributed by atoms with Gasteiger partial charge in [0.2, 0.25) is 0 Å². The van der Waals surface area contributed by atoms with E-state index in [0.717, 1.165) is 18.9 Å². The average Bonchev–Trinajstić information content (AvgIpc) is 2.58. The van der Waals surface area contributed by atoms with E-state index in [1.807, 2.05) is 0 Å². The summed E-state index contributed by atoms with van der Waals surface area (Å²) in [6, 6.07) is 0.402. The van der Waals surface area contributed by atoms with E-state index >= 15 is 0 Å². The second-order valence-corrected chi connectivity index (χ2v) is 3.26. The van der Waals surface area contributed by atoms with Gasteiger partial charge in [-0.15, -0.1) is 10.2 Å². The zero-order valence-corrected chi connectivity index (χ0v) is 8.90. The third kappa shape index (κ3) is 3.80. The predicted octanol–water partition coefficient (Wildman–Crippen LogP) is -0.275. The molecule has 1 aromatic heterocycles. The number of hydrogen-bond acceptors (Lipinski definition) is 5. The summed E-state index contributed by atoms with van der Waals surface area (Å²) in [6.45, 7) is 3.52. The fourth-order valence-electron chi connectivity index (χ4n) is 1.06.